The molecular formula is C20H26N6S. The third kappa shape index (κ3) is 4.36. The van der Waals surface area contributed by atoms with Gasteiger partial charge < -0.3 is 10.6 Å². The van der Waals surface area contributed by atoms with E-state index in [0.717, 1.165) is 35.0 Å². The standard InChI is InChI=1S/C20H26N6S/c1-13-8-6-7-9-17(13)12-26-16(4)19(15(3)23-26)22-20(27)21-11-18-10-14(2)25(5)24-18/h6-10H,11-12H2,1-5H3,(H2,21,22,27). The van der Waals surface area contributed by atoms with Crippen LogP contribution in [-0.4, -0.2) is 24.7 Å². The van der Waals surface area contributed by atoms with E-state index in [9.17, 15) is 0 Å². The minimum atomic E-state index is 0.569. The molecule has 142 valence electrons. The summed E-state index contributed by atoms with van der Waals surface area (Å²) in [4.78, 5) is 0. The lowest BCUT2D eigenvalue weighted by molar-refractivity contribution is 0.657. The number of rotatable bonds is 5. The molecule has 0 unspecified atom stereocenters. The van der Waals surface area contributed by atoms with Gasteiger partial charge in [-0.05, 0) is 57.1 Å². The summed E-state index contributed by atoms with van der Waals surface area (Å²) in [6, 6.07) is 10.4. The molecule has 0 aliphatic rings. The highest BCUT2D eigenvalue weighted by molar-refractivity contribution is 7.80. The lowest BCUT2D eigenvalue weighted by Gasteiger charge is -2.11. The summed E-state index contributed by atoms with van der Waals surface area (Å²) in [6.45, 7) is 9.54. The molecule has 2 aromatic heterocycles. The van der Waals surface area contributed by atoms with E-state index in [4.69, 9.17) is 12.2 Å². The van der Waals surface area contributed by atoms with Crippen LogP contribution < -0.4 is 10.6 Å². The number of hydrogen-bond acceptors (Lipinski definition) is 3. The van der Waals surface area contributed by atoms with E-state index in [-0.39, 0.29) is 0 Å². The molecule has 0 spiro atoms. The van der Waals surface area contributed by atoms with Crippen molar-refractivity contribution in [3.8, 4) is 0 Å². The topological polar surface area (TPSA) is 59.7 Å². The Hall–Kier alpha value is -2.67. The molecule has 1 aromatic carbocycles. The summed E-state index contributed by atoms with van der Waals surface area (Å²) < 4.78 is 3.88. The first-order valence-corrected chi connectivity index (χ1v) is 9.39. The van der Waals surface area contributed by atoms with Crippen LogP contribution in [0.2, 0.25) is 0 Å². The molecule has 0 fully saturated rings. The molecule has 0 saturated heterocycles. The Morgan fingerprint density at radius 1 is 1.11 bits per heavy atom. The van der Waals surface area contributed by atoms with Gasteiger partial charge in [-0.25, -0.2) is 0 Å². The number of nitrogens with one attached hydrogen (secondary N) is 2. The Kier molecular flexibility index (Phi) is 5.60. The average Bonchev–Trinajstić information content (AvgIpc) is 3.08. The molecular weight excluding hydrogens is 356 g/mol. The van der Waals surface area contributed by atoms with Gasteiger partial charge in [0, 0.05) is 12.7 Å². The summed E-state index contributed by atoms with van der Waals surface area (Å²) in [7, 11) is 1.94. The van der Waals surface area contributed by atoms with Gasteiger partial charge in [0.15, 0.2) is 5.11 Å². The zero-order valence-electron chi connectivity index (χ0n) is 16.5. The Labute approximate surface area is 165 Å². The largest absolute Gasteiger partial charge is 0.357 e. The zero-order valence-corrected chi connectivity index (χ0v) is 17.3. The number of benzene rings is 1. The highest BCUT2D eigenvalue weighted by atomic mass is 32.1. The highest BCUT2D eigenvalue weighted by Crippen LogP contribution is 2.21. The maximum Gasteiger partial charge on any atom is 0.171 e. The smallest absolute Gasteiger partial charge is 0.171 e. The van der Waals surface area contributed by atoms with Gasteiger partial charge in [0.1, 0.15) is 0 Å². The number of aryl methyl sites for hydroxylation is 4. The van der Waals surface area contributed by atoms with Crippen molar-refractivity contribution in [2.24, 2.45) is 7.05 Å². The van der Waals surface area contributed by atoms with Gasteiger partial charge in [0.05, 0.1) is 35.9 Å². The van der Waals surface area contributed by atoms with Crippen molar-refractivity contribution in [2.75, 3.05) is 5.32 Å². The predicted octanol–water partition coefficient (Wildman–Crippen LogP) is 3.39. The van der Waals surface area contributed by atoms with Gasteiger partial charge in [0.2, 0.25) is 0 Å². The third-order valence-corrected chi connectivity index (χ3v) is 5.04. The molecule has 2 heterocycles. The molecule has 0 aliphatic heterocycles. The molecule has 0 aliphatic carbocycles. The third-order valence-electron chi connectivity index (χ3n) is 4.80. The molecule has 0 radical (unpaired) electrons. The minimum Gasteiger partial charge on any atom is -0.357 e. The zero-order chi connectivity index (χ0) is 19.6. The molecule has 3 rings (SSSR count). The molecule has 0 amide bonds. The summed E-state index contributed by atoms with van der Waals surface area (Å²) in [6.07, 6.45) is 0. The summed E-state index contributed by atoms with van der Waals surface area (Å²) in [5.74, 6) is 0. The van der Waals surface area contributed by atoms with E-state index in [0.29, 0.717) is 11.7 Å². The van der Waals surface area contributed by atoms with Crippen LogP contribution in [0.15, 0.2) is 30.3 Å². The van der Waals surface area contributed by atoms with Crippen LogP contribution in [0, 0.1) is 27.7 Å². The van der Waals surface area contributed by atoms with Crippen LogP contribution in [0.4, 0.5) is 5.69 Å². The quantitative estimate of drug-likeness (QED) is 0.663. The number of hydrogen-bond donors (Lipinski definition) is 2. The van der Waals surface area contributed by atoms with Gasteiger partial charge in [-0.1, -0.05) is 24.3 Å². The summed E-state index contributed by atoms with van der Waals surface area (Å²) in [5.41, 5.74) is 7.56. The lowest BCUT2D eigenvalue weighted by atomic mass is 10.1. The van der Waals surface area contributed by atoms with Crippen molar-refractivity contribution < 1.29 is 0 Å². The van der Waals surface area contributed by atoms with E-state index in [1.807, 2.05) is 36.3 Å². The Bertz CT molecular complexity index is 950. The van der Waals surface area contributed by atoms with Crippen molar-refractivity contribution in [3.05, 3.63) is 64.2 Å². The van der Waals surface area contributed by atoms with Gasteiger partial charge in [-0.2, -0.15) is 10.2 Å². The Morgan fingerprint density at radius 2 is 1.85 bits per heavy atom. The van der Waals surface area contributed by atoms with Crippen molar-refractivity contribution >= 4 is 23.0 Å². The summed E-state index contributed by atoms with van der Waals surface area (Å²) in [5, 5.41) is 16.2. The van der Waals surface area contributed by atoms with Crippen LogP contribution in [0.1, 0.15) is 33.9 Å². The maximum absolute atomic E-state index is 5.46. The predicted molar refractivity (Wildman–Crippen MR) is 113 cm³/mol. The van der Waals surface area contributed by atoms with Crippen molar-refractivity contribution in [3.63, 3.8) is 0 Å². The van der Waals surface area contributed by atoms with E-state index in [1.54, 1.807) is 0 Å². The second kappa shape index (κ2) is 7.92. The molecule has 3 aromatic rings. The van der Waals surface area contributed by atoms with Crippen LogP contribution in [0.3, 0.4) is 0 Å². The number of nitrogens with zero attached hydrogens (tertiary/aromatic N) is 4. The molecule has 0 atom stereocenters. The number of thiocarbonyl (C=S) groups is 1. The van der Waals surface area contributed by atoms with Gasteiger partial charge in [-0.15, -0.1) is 0 Å². The lowest BCUT2D eigenvalue weighted by Crippen LogP contribution is -2.28. The van der Waals surface area contributed by atoms with E-state index in [1.165, 1.54) is 11.1 Å². The number of anilines is 1. The fraction of sp³-hybridized carbons (Fsp3) is 0.350. The molecule has 0 bridgehead atoms. The minimum absolute atomic E-state index is 0.569. The molecule has 7 heteroatoms. The van der Waals surface area contributed by atoms with Crippen molar-refractivity contribution in [1.29, 1.82) is 0 Å². The monoisotopic (exact) mass is 382 g/mol. The van der Waals surface area contributed by atoms with Gasteiger partial charge in [0.25, 0.3) is 0 Å². The SMILES string of the molecule is Cc1ccccc1Cn1nc(C)c(NC(=S)NCc2cc(C)n(C)n2)c1C. The van der Waals surface area contributed by atoms with E-state index >= 15 is 0 Å². The number of aromatic nitrogens is 4. The Balaban J connectivity index is 1.67. The van der Waals surface area contributed by atoms with Gasteiger partial charge >= 0.3 is 0 Å². The molecule has 0 saturated carbocycles. The highest BCUT2D eigenvalue weighted by Gasteiger charge is 2.14. The Morgan fingerprint density at radius 3 is 2.52 bits per heavy atom. The second-order valence-electron chi connectivity index (χ2n) is 6.84. The van der Waals surface area contributed by atoms with Crippen LogP contribution in [0.25, 0.3) is 0 Å². The van der Waals surface area contributed by atoms with Crippen molar-refractivity contribution in [1.82, 2.24) is 24.9 Å². The first-order valence-electron chi connectivity index (χ1n) is 8.98. The first-order chi connectivity index (χ1) is 12.8. The van der Waals surface area contributed by atoms with E-state index in [2.05, 4.69) is 58.9 Å². The van der Waals surface area contributed by atoms with Crippen molar-refractivity contribution in [2.45, 2.75) is 40.8 Å². The van der Waals surface area contributed by atoms with Crippen LogP contribution in [0.5, 0.6) is 0 Å². The van der Waals surface area contributed by atoms with E-state index < -0.39 is 0 Å². The molecule has 2 N–H and O–H groups in total. The normalized spacial score (nSPS) is 10.9. The molecule has 6 nitrogen and oxygen atoms in total. The fourth-order valence-electron chi connectivity index (χ4n) is 3.03. The molecule has 27 heavy (non-hydrogen) atoms. The fourth-order valence-corrected chi connectivity index (χ4v) is 3.20. The summed E-state index contributed by atoms with van der Waals surface area (Å²) >= 11 is 5.46. The maximum atomic E-state index is 5.46. The second-order valence-corrected chi connectivity index (χ2v) is 7.25. The van der Waals surface area contributed by atoms with Crippen LogP contribution >= 0.6 is 12.2 Å². The first kappa shape index (κ1) is 19.1. The van der Waals surface area contributed by atoms with Gasteiger partial charge in [-0.3, -0.25) is 9.36 Å². The van der Waals surface area contributed by atoms with Crippen LogP contribution in [-0.2, 0) is 20.1 Å². The average molecular weight is 383 g/mol.